The largest absolute Gasteiger partial charge is 0.369 e. The Morgan fingerprint density at radius 1 is 1.08 bits per heavy atom. The highest BCUT2D eigenvalue weighted by atomic mass is 16.2. The quantitative estimate of drug-likeness (QED) is 0.779. The third-order valence-corrected chi connectivity index (χ3v) is 4.85. The summed E-state index contributed by atoms with van der Waals surface area (Å²) in [5, 5.41) is 0. The average molecular weight is 349 g/mol. The molecular formula is C19H19N5O2. The second-order valence-corrected chi connectivity index (χ2v) is 6.49. The Bertz CT molecular complexity index is 958. The van der Waals surface area contributed by atoms with Crippen LogP contribution in [0, 0.1) is 5.92 Å². The van der Waals surface area contributed by atoms with E-state index in [1.54, 1.807) is 23.5 Å². The van der Waals surface area contributed by atoms with E-state index in [4.69, 9.17) is 5.73 Å². The molecule has 0 saturated carbocycles. The molecule has 0 spiro atoms. The molecule has 0 aliphatic carbocycles. The predicted octanol–water partition coefficient (Wildman–Crippen LogP) is 1.76. The number of fused-ring (bicyclic) bond motifs is 1. The van der Waals surface area contributed by atoms with Gasteiger partial charge in [-0.3, -0.25) is 14.2 Å². The maximum atomic E-state index is 12.7. The highest BCUT2D eigenvalue weighted by Crippen LogP contribution is 2.21. The molecule has 1 fully saturated rings. The van der Waals surface area contributed by atoms with Crippen LogP contribution in [0.1, 0.15) is 23.2 Å². The van der Waals surface area contributed by atoms with Crippen molar-refractivity contribution in [3.05, 3.63) is 54.5 Å². The molecular weight excluding hydrogens is 330 g/mol. The summed E-state index contributed by atoms with van der Waals surface area (Å²) in [6, 6.07) is 11.6. The summed E-state index contributed by atoms with van der Waals surface area (Å²) in [7, 11) is 0. The number of piperidine rings is 1. The predicted molar refractivity (Wildman–Crippen MR) is 96.7 cm³/mol. The molecule has 2 aromatic heterocycles. The number of aromatic nitrogens is 3. The van der Waals surface area contributed by atoms with Crippen molar-refractivity contribution in [1.29, 1.82) is 0 Å². The number of nitrogens with two attached hydrogens (primary N) is 1. The number of para-hydroxylation sites is 1. The zero-order chi connectivity index (χ0) is 18.1. The van der Waals surface area contributed by atoms with Crippen LogP contribution in [0.15, 0.2) is 48.9 Å². The minimum atomic E-state index is -0.286. The highest BCUT2D eigenvalue weighted by molar-refractivity contribution is 5.96. The van der Waals surface area contributed by atoms with E-state index >= 15 is 0 Å². The van der Waals surface area contributed by atoms with E-state index in [0.29, 0.717) is 42.7 Å². The summed E-state index contributed by atoms with van der Waals surface area (Å²) in [6.45, 7) is 1.06. The van der Waals surface area contributed by atoms with Crippen LogP contribution in [0.2, 0.25) is 0 Å². The third-order valence-electron chi connectivity index (χ3n) is 4.85. The molecule has 1 saturated heterocycles. The number of imidazole rings is 1. The highest BCUT2D eigenvalue weighted by Gasteiger charge is 2.26. The van der Waals surface area contributed by atoms with Gasteiger partial charge in [-0.15, -0.1) is 0 Å². The van der Waals surface area contributed by atoms with Gasteiger partial charge in [-0.1, -0.05) is 18.2 Å². The van der Waals surface area contributed by atoms with Gasteiger partial charge in [0.1, 0.15) is 11.8 Å². The Morgan fingerprint density at radius 2 is 1.81 bits per heavy atom. The van der Waals surface area contributed by atoms with Crippen molar-refractivity contribution in [2.45, 2.75) is 12.8 Å². The van der Waals surface area contributed by atoms with Crippen molar-refractivity contribution in [2.24, 2.45) is 11.7 Å². The number of likely N-dealkylation sites (tertiary alicyclic amines) is 1. The molecule has 7 heteroatoms. The van der Waals surface area contributed by atoms with E-state index < -0.39 is 0 Å². The first kappa shape index (κ1) is 16.3. The number of pyridine rings is 1. The van der Waals surface area contributed by atoms with Gasteiger partial charge in [-0.25, -0.2) is 9.97 Å². The van der Waals surface area contributed by atoms with Gasteiger partial charge in [-0.05, 0) is 31.0 Å². The van der Waals surface area contributed by atoms with E-state index in [1.807, 2.05) is 34.9 Å². The lowest BCUT2D eigenvalue weighted by atomic mass is 9.96. The van der Waals surface area contributed by atoms with Gasteiger partial charge in [-0.2, -0.15) is 0 Å². The third kappa shape index (κ3) is 2.92. The summed E-state index contributed by atoms with van der Waals surface area (Å²) in [4.78, 5) is 34.6. The lowest BCUT2D eigenvalue weighted by molar-refractivity contribution is -0.123. The number of hydrogen-bond acceptors (Lipinski definition) is 4. The van der Waals surface area contributed by atoms with E-state index in [9.17, 15) is 9.59 Å². The fraction of sp³-hybridized carbons (Fsp3) is 0.263. The molecule has 0 bridgehead atoms. The molecule has 1 aromatic carbocycles. The molecule has 3 aromatic rings. The maximum absolute atomic E-state index is 12.7. The fourth-order valence-electron chi connectivity index (χ4n) is 3.35. The summed E-state index contributed by atoms with van der Waals surface area (Å²) >= 11 is 0. The molecule has 132 valence electrons. The Hall–Kier alpha value is -3.22. The van der Waals surface area contributed by atoms with Crippen LogP contribution in [0.3, 0.4) is 0 Å². The van der Waals surface area contributed by atoms with Crippen molar-refractivity contribution >= 4 is 23.0 Å². The van der Waals surface area contributed by atoms with Crippen LogP contribution < -0.4 is 5.73 Å². The Morgan fingerprint density at radius 3 is 2.50 bits per heavy atom. The van der Waals surface area contributed by atoms with Crippen LogP contribution in [0.4, 0.5) is 0 Å². The minimum absolute atomic E-state index is 0.0865. The summed E-state index contributed by atoms with van der Waals surface area (Å²) in [5.74, 6) is -0.510. The Labute approximate surface area is 150 Å². The molecule has 2 N–H and O–H groups in total. The molecule has 26 heavy (non-hydrogen) atoms. The number of rotatable bonds is 3. The maximum Gasteiger partial charge on any atom is 0.255 e. The number of hydrogen-bond donors (Lipinski definition) is 1. The van der Waals surface area contributed by atoms with Crippen molar-refractivity contribution in [2.75, 3.05) is 13.1 Å². The van der Waals surface area contributed by atoms with Crippen LogP contribution in [-0.2, 0) is 4.79 Å². The lowest BCUT2D eigenvalue weighted by Gasteiger charge is -2.30. The van der Waals surface area contributed by atoms with E-state index in [2.05, 4.69) is 9.97 Å². The SMILES string of the molecule is NC(=O)C1CCN(C(=O)c2cnc3c(c2)ncn3-c2ccccc2)CC1. The van der Waals surface area contributed by atoms with Gasteiger partial charge in [0.2, 0.25) is 5.91 Å². The van der Waals surface area contributed by atoms with Gasteiger partial charge in [0.15, 0.2) is 5.65 Å². The van der Waals surface area contributed by atoms with Crippen LogP contribution in [-0.4, -0.2) is 44.3 Å². The topological polar surface area (TPSA) is 94.1 Å². The van der Waals surface area contributed by atoms with E-state index in [1.165, 1.54) is 0 Å². The van der Waals surface area contributed by atoms with Gasteiger partial charge < -0.3 is 10.6 Å². The Balaban J connectivity index is 1.57. The first-order chi connectivity index (χ1) is 12.6. The number of primary amides is 1. The second-order valence-electron chi connectivity index (χ2n) is 6.49. The van der Waals surface area contributed by atoms with E-state index in [-0.39, 0.29) is 17.7 Å². The molecule has 1 aliphatic heterocycles. The number of benzene rings is 1. The smallest absolute Gasteiger partial charge is 0.255 e. The molecule has 3 heterocycles. The van der Waals surface area contributed by atoms with Crippen LogP contribution in [0.5, 0.6) is 0 Å². The molecule has 0 radical (unpaired) electrons. The summed E-state index contributed by atoms with van der Waals surface area (Å²) in [5.41, 5.74) is 8.21. The zero-order valence-corrected chi connectivity index (χ0v) is 14.2. The first-order valence-electron chi connectivity index (χ1n) is 8.60. The molecule has 7 nitrogen and oxygen atoms in total. The number of nitrogens with zero attached hydrogens (tertiary/aromatic N) is 4. The van der Waals surface area contributed by atoms with Crippen LogP contribution in [0.25, 0.3) is 16.9 Å². The van der Waals surface area contributed by atoms with Crippen molar-refractivity contribution in [3.8, 4) is 5.69 Å². The second kappa shape index (κ2) is 6.59. The number of amides is 2. The zero-order valence-electron chi connectivity index (χ0n) is 14.2. The lowest BCUT2D eigenvalue weighted by Crippen LogP contribution is -2.41. The van der Waals surface area contributed by atoms with Crippen LogP contribution >= 0.6 is 0 Å². The van der Waals surface area contributed by atoms with Crippen molar-refractivity contribution in [1.82, 2.24) is 19.4 Å². The minimum Gasteiger partial charge on any atom is -0.369 e. The summed E-state index contributed by atoms with van der Waals surface area (Å²) < 4.78 is 1.89. The molecule has 2 amide bonds. The Kier molecular flexibility index (Phi) is 4.12. The normalized spacial score (nSPS) is 15.3. The molecule has 0 unspecified atom stereocenters. The van der Waals surface area contributed by atoms with Crippen molar-refractivity contribution < 1.29 is 9.59 Å². The standard InChI is InChI=1S/C19H19N5O2/c20-17(25)13-6-8-23(9-7-13)19(26)14-10-16-18(21-11-14)24(12-22-16)15-4-2-1-3-5-15/h1-5,10-13H,6-9H2,(H2,20,25). The van der Waals surface area contributed by atoms with Crippen molar-refractivity contribution in [3.63, 3.8) is 0 Å². The molecule has 1 aliphatic rings. The number of carbonyl (C=O) groups is 2. The average Bonchev–Trinajstić information content (AvgIpc) is 3.11. The van der Waals surface area contributed by atoms with Gasteiger partial charge in [0.25, 0.3) is 5.91 Å². The monoisotopic (exact) mass is 349 g/mol. The number of carbonyl (C=O) groups excluding carboxylic acids is 2. The molecule has 4 rings (SSSR count). The first-order valence-corrected chi connectivity index (χ1v) is 8.60. The van der Waals surface area contributed by atoms with E-state index in [0.717, 1.165) is 5.69 Å². The molecule has 0 atom stereocenters. The van der Waals surface area contributed by atoms with Gasteiger partial charge >= 0.3 is 0 Å². The van der Waals surface area contributed by atoms with Gasteiger partial charge in [0.05, 0.1) is 5.56 Å². The summed E-state index contributed by atoms with van der Waals surface area (Å²) in [6.07, 6.45) is 4.52. The fourth-order valence-corrected chi connectivity index (χ4v) is 3.35. The van der Waals surface area contributed by atoms with Gasteiger partial charge in [0, 0.05) is 30.9 Å².